The number of fused-ring (bicyclic) bond motifs is 1. The number of hydrogen-bond donors (Lipinski definition) is 1. The SMILES string of the molecule is Cc1ccc(OCCNC(=O)c2nn(-c3ccccc3)c(=O)c3ccccc23)c(C)c1. The van der Waals surface area contributed by atoms with E-state index in [2.05, 4.69) is 16.5 Å². The van der Waals surface area contributed by atoms with Gasteiger partial charge in [0, 0.05) is 5.39 Å². The average molecular weight is 413 g/mol. The normalized spacial score (nSPS) is 10.8. The quantitative estimate of drug-likeness (QED) is 0.488. The number of benzene rings is 3. The number of para-hydroxylation sites is 1. The molecule has 0 unspecified atom stereocenters. The number of ether oxygens (including phenoxy) is 1. The van der Waals surface area contributed by atoms with Crippen LogP contribution in [0.1, 0.15) is 21.6 Å². The molecule has 4 rings (SSSR count). The molecule has 1 N–H and O–H groups in total. The van der Waals surface area contributed by atoms with Crippen LogP contribution in [0.2, 0.25) is 0 Å². The van der Waals surface area contributed by atoms with Gasteiger partial charge in [-0.1, -0.05) is 54.1 Å². The Morgan fingerprint density at radius 3 is 2.42 bits per heavy atom. The van der Waals surface area contributed by atoms with E-state index in [4.69, 9.17) is 4.74 Å². The first-order chi connectivity index (χ1) is 15.0. The van der Waals surface area contributed by atoms with Crippen LogP contribution in [-0.2, 0) is 0 Å². The van der Waals surface area contributed by atoms with Gasteiger partial charge in [-0.25, -0.2) is 0 Å². The molecule has 31 heavy (non-hydrogen) atoms. The third kappa shape index (κ3) is 4.33. The molecular formula is C25H23N3O3. The van der Waals surface area contributed by atoms with Crippen LogP contribution >= 0.6 is 0 Å². The summed E-state index contributed by atoms with van der Waals surface area (Å²) in [5.41, 5.74) is 2.76. The minimum absolute atomic E-state index is 0.200. The molecule has 0 aliphatic rings. The minimum atomic E-state index is -0.356. The summed E-state index contributed by atoms with van der Waals surface area (Å²) in [4.78, 5) is 25.9. The van der Waals surface area contributed by atoms with Crippen molar-refractivity contribution < 1.29 is 9.53 Å². The monoisotopic (exact) mass is 413 g/mol. The van der Waals surface area contributed by atoms with E-state index >= 15 is 0 Å². The number of aromatic nitrogens is 2. The molecule has 0 aliphatic heterocycles. The van der Waals surface area contributed by atoms with Crippen LogP contribution in [-0.4, -0.2) is 28.8 Å². The maximum Gasteiger partial charge on any atom is 0.279 e. The number of rotatable bonds is 6. The lowest BCUT2D eigenvalue weighted by Gasteiger charge is -2.12. The number of aryl methyl sites for hydroxylation is 2. The van der Waals surface area contributed by atoms with Crippen LogP contribution in [0.25, 0.3) is 16.5 Å². The van der Waals surface area contributed by atoms with Crippen molar-refractivity contribution in [2.45, 2.75) is 13.8 Å². The van der Waals surface area contributed by atoms with E-state index in [1.165, 1.54) is 10.2 Å². The van der Waals surface area contributed by atoms with Crippen LogP contribution in [0, 0.1) is 13.8 Å². The van der Waals surface area contributed by atoms with Gasteiger partial charge in [0.2, 0.25) is 0 Å². The smallest absolute Gasteiger partial charge is 0.279 e. The van der Waals surface area contributed by atoms with Gasteiger partial charge in [0.1, 0.15) is 12.4 Å². The molecule has 1 heterocycles. The molecule has 1 aromatic heterocycles. The number of nitrogens with zero attached hydrogens (tertiary/aromatic N) is 2. The average Bonchev–Trinajstić information content (AvgIpc) is 2.79. The predicted molar refractivity (Wildman–Crippen MR) is 121 cm³/mol. The van der Waals surface area contributed by atoms with Crippen LogP contribution in [0.3, 0.4) is 0 Å². The third-order valence-electron chi connectivity index (χ3n) is 5.00. The second-order valence-corrected chi connectivity index (χ2v) is 7.32. The molecule has 0 atom stereocenters. The lowest BCUT2D eigenvalue weighted by molar-refractivity contribution is 0.0942. The third-order valence-corrected chi connectivity index (χ3v) is 5.00. The van der Waals surface area contributed by atoms with Crippen molar-refractivity contribution in [3.8, 4) is 11.4 Å². The number of amides is 1. The zero-order valence-corrected chi connectivity index (χ0v) is 17.5. The van der Waals surface area contributed by atoms with Crippen molar-refractivity contribution in [2.75, 3.05) is 13.2 Å². The first-order valence-corrected chi connectivity index (χ1v) is 10.1. The summed E-state index contributed by atoms with van der Waals surface area (Å²) < 4.78 is 7.05. The van der Waals surface area contributed by atoms with Crippen molar-refractivity contribution in [1.29, 1.82) is 0 Å². The van der Waals surface area contributed by atoms with E-state index in [0.717, 1.165) is 11.3 Å². The maximum absolute atomic E-state index is 12.9. The van der Waals surface area contributed by atoms with E-state index in [-0.39, 0.29) is 17.2 Å². The van der Waals surface area contributed by atoms with Crippen LogP contribution in [0.4, 0.5) is 0 Å². The fraction of sp³-hybridized carbons (Fsp3) is 0.160. The van der Waals surface area contributed by atoms with Crippen molar-refractivity contribution in [1.82, 2.24) is 15.1 Å². The van der Waals surface area contributed by atoms with Crippen molar-refractivity contribution in [3.63, 3.8) is 0 Å². The van der Waals surface area contributed by atoms with E-state index in [0.29, 0.717) is 29.6 Å². The summed E-state index contributed by atoms with van der Waals surface area (Å²) >= 11 is 0. The number of hydrogen-bond acceptors (Lipinski definition) is 4. The predicted octanol–water partition coefficient (Wildman–Crippen LogP) is 3.81. The lowest BCUT2D eigenvalue weighted by atomic mass is 10.1. The van der Waals surface area contributed by atoms with E-state index < -0.39 is 0 Å². The van der Waals surface area contributed by atoms with E-state index in [9.17, 15) is 9.59 Å². The van der Waals surface area contributed by atoms with Gasteiger partial charge in [0.15, 0.2) is 5.69 Å². The number of nitrogens with one attached hydrogen (secondary N) is 1. The minimum Gasteiger partial charge on any atom is -0.491 e. The Morgan fingerprint density at radius 1 is 0.968 bits per heavy atom. The molecule has 1 amide bonds. The number of carbonyl (C=O) groups is 1. The highest BCUT2D eigenvalue weighted by Crippen LogP contribution is 2.18. The Bertz CT molecular complexity index is 1300. The van der Waals surface area contributed by atoms with Gasteiger partial charge >= 0.3 is 0 Å². The summed E-state index contributed by atoms with van der Waals surface area (Å²) in [6, 6.07) is 22.0. The van der Waals surface area contributed by atoms with Crippen molar-refractivity contribution in [3.05, 3.63) is 100.0 Å². The van der Waals surface area contributed by atoms with Crippen LogP contribution < -0.4 is 15.6 Å². The first kappa shape index (κ1) is 20.3. The van der Waals surface area contributed by atoms with Gasteiger partial charge in [-0.2, -0.15) is 9.78 Å². The summed E-state index contributed by atoms with van der Waals surface area (Å²) in [7, 11) is 0. The Hall–Kier alpha value is -3.93. The highest BCUT2D eigenvalue weighted by molar-refractivity contribution is 6.04. The summed E-state index contributed by atoms with van der Waals surface area (Å²) in [6.45, 7) is 4.66. The summed E-state index contributed by atoms with van der Waals surface area (Å²) in [5.74, 6) is 0.436. The molecule has 0 aliphatic carbocycles. The van der Waals surface area contributed by atoms with Crippen LogP contribution in [0.5, 0.6) is 5.75 Å². The number of carbonyl (C=O) groups excluding carboxylic acids is 1. The molecule has 0 saturated heterocycles. The van der Waals surface area contributed by atoms with Gasteiger partial charge in [0.05, 0.1) is 17.6 Å². The zero-order chi connectivity index (χ0) is 21.8. The van der Waals surface area contributed by atoms with E-state index in [1.807, 2.05) is 44.2 Å². The molecule has 0 bridgehead atoms. The Balaban J connectivity index is 1.56. The maximum atomic E-state index is 12.9. The lowest BCUT2D eigenvalue weighted by Crippen LogP contribution is -2.32. The first-order valence-electron chi connectivity index (χ1n) is 10.1. The molecule has 0 saturated carbocycles. The standard InChI is InChI=1S/C25H23N3O3/c1-17-12-13-22(18(2)16-17)31-15-14-26-24(29)23-20-10-6-7-11-21(20)25(30)28(27-23)19-8-4-3-5-9-19/h3-13,16H,14-15H2,1-2H3,(H,26,29). The highest BCUT2D eigenvalue weighted by Gasteiger charge is 2.17. The Morgan fingerprint density at radius 2 is 1.68 bits per heavy atom. The Labute approximate surface area is 180 Å². The molecule has 3 aromatic carbocycles. The molecule has 0 spiro atoms. The topological polar surface area (TPSA) is 73.2 Å². The molecule has 156 valence electrons. The summed E-state index contributed by atoms with van der Waals surface area (Å²) in [5, 5.41) is 8.19. The van der Waals surface area contributed by atoms with Gasteiger partial charge < -0.3 is 10.1 Å². The fourth-order valence-electron chi connectivity index (χ4n) is 3.47. The van der Waals surface area contributed by atoms with Gasteiger partial charge in [-0.05, 0) is 43.7 Å². The van der Waals surface area contributed by atoms with Gasteiger partial charge in [-0.3, -0.25) is 9.59 Å². The van der Waals surface area contributed by atoms with Gasteiger partial charge in [-0.15, -0.1) is 0 Å². The Kier molecular flexibility index (Phi) is 5.80. The molecule has 0 radical (unpaired) electrons. The highest BCUT2D eigenvalue weighted by atomic mass is 16.5. The fourth-order valence-corrected chi connectivity index (χ4v) is 3.47. The molecule has 6 heteroatoms. The molecular weight excluding hydrogens is 390 g/mol. The van der Waals surface area contributed by atoms with Gasteiger partial charge in [0.25, 0.3) is 11.5 Å². The zero-order valence-electron chi connectivity index (χ0n) is 17.5. The molecule has 4 aromatic rings. The van der Waals surface area contributed by atoms with Crippen LogP contribution in [0.15, 0.2) is 77.6 Å². The van der Waals surface area contributed by atoms with E-state index in [1.54, 1.807) is 36.4 Å². The second kappa shape index (κ2) is 8.83. The largest absolute Gasteiger partial charge is 0.491 e. The van der Waals surface area contributed by atoms with Crippen molar-refractivity contribution >= 4 is 16.7 Å². The summed E-state index contributed by atoms with van der Waals surface area (Å²) in [6.07, 6.45) is 0. The van der Waals surface area contributed by atoms with Crippen molar-refractivity contribution in [2.24, 2.45) is 0 Å². The molecule has 6 nitrogen and oxygen atoms in total. The second-order valence-electron chi connectivity index (χ2n) is 7.32. The molecule has 0 fully saturated rings.